The number of carboxylic acids is 1. The fourth-order valence-corrected chi connectivity index (χ4v) is 3.93. The second-order valence-corrected chi connectivity index (χ2v) is 7.20. The van der Waals surface area contributed by atoms with Gasteiger partial charge in [0.2, 0.25) is 0 Å². The summed E-state index contributed by atoms with van der Waals surface area (Å²) in [5.74, 6) is 0.295. The van der Waals surface area contributed by atoms with Gasteiger partial charge in [-0.25, -0.2) is 0 Å². The van der Waals surface area contributed by atoms with E-state index in [-0.39, 0.29) is 18.1 Å². The Morgan fingerprint density at radius 3 is 2.80 bits per heavy atom. The first-order valence-electron chi connectivity index (χ1n) is 9.36. The molecule has 0 saturated carbocycles. The van der Waals surface area contributed by atoms with Crippen molar-refractivity contribution in [1.82, 2.24) is 5.32 Å². The lowest BCUT2D eigenvalue weighted by Crippen LogP contribution is -2.27. The first-order chi connectivity index (χ1) is 12.1. The minimum atomic E-state index is -0.907. The number of benzene rings is 1. The van der Waals surface area contributed by atoms with E-state index >= 15 is 0 Å². The van der Waals surface area contributed by atoms with Crippen LogP contribution in [0.15, 0.2) is 18.2 Å². The third kappa shape index (κ3) is 4.82. The first-order valence-corrected chi connectivity index (χ1v) is 9.36. The summed E-state index contributed by atoms with van der Waals surface area (Å²) in [6, 6.07) is 5.59. The van der Waals surface area contributed by atoms with Crippen molar-refractivity contribution in [1.29, 1.82) is 0 Å². The van der Waals surface area contributed by atoms with Crippen LogP contribution in [0.2, 0.25) is 0 Å². The molecule has 1 atom stereocenters. The lowest BCUT2D eigenvalue weighted by Gasteiger charge is -2.23. The number of carbonyl (C=O) groups excluding carboxylic acids is 1. The van der Waals surface area contributed by atoms with E-state index in [2.05, 4.69) is 5.32 Å². The predicted octanol–water partition coefficient (Wildman–Crippen LogP) is 3.07. The molecule has 1 aliphatic carbocycles. The van der Waals surface area contributed by atoms with Gasteiger partial charge in [0.25, 0.3) is 0 Å². The zero-order valence-corrected chi connectivity index (χ0v) is 14.6. The molecule has 1 aromatic carbocycles. The Labute approximate surface area is 148 Å². The van der Waals surface area contributed by atoms with Crippen LogP contribution in [0.4, 0.5) is 0 Å². The number of aryl methyl sites for hydroxylation is 1. The molecular formula is C20H27NO4. The van der Waals surface area contributed by atoms with Gasteiger partial charge in [0.05, 0.1) is 13.0 Å². The summed E-state index contributed by atoms with van der Waals surface area (Å²) in [4.78, 5) is 23.3. The third-order valence-electron chi connectivity index (χ3n) is 5.38. The van der Waals surface area contributed by atoms with Crippen LogP contribution in [0, 0.1) is 11.8 Å². The maximum atomic E-state index is 12.4. The van der Waals surface area contributed by atoms with Gasteiger partial charge in [0.1, 0.15) is 5.75 Å². The Bertz CT molecular complexity index is 622. The molecule has 0 amide bonds. The molecule has 1 heterocycles. The molecule has 2 aliphatic rings. The molecule has 0 spiro atoms. The van der Waals surface area contributed by atoms with Gasteiger partial charge in [-0.05, 0) is 81.3 Å². The second kappa shape index (κ2) is 8.48. The molecule has 2 N–H and O–H groups in total. The van der Waals surface area contributed by atoms with Crippen LogP contribution >= 0.6 is 0 Å². The van der Waals surface area contributed by atoms with Gasteiger partial charge < -0.3 is 15.2 Å². The van der Waals surface area contributed by atoms with Crippen LogP contribution in [0.1, 0.15) is 54.4 Å². The van der Waals surface area contributed by atoms with Crippen LogP contribution in [-0.2, 0) is 11.2 Å². The fourth-order valence-electron chi connectivity index (χ4n) is 3.93. The Morgan fingerprint density at radius 2 is 2.04 bits per heavy atom. The predicted molar refractivity (Wildman–Crippen MR) is 95.2 cm³/mol. The maximum Gasteiger partial charge on any atom is 0.304 e. The van der Waals surface area contributed by atoms with Crippen molar-refractivity contribution in [3.63, 3.8) is 0 Å². The van der Waals surface area contributed by atoms with Crippen molar-refractivity contribution in [2.45, 2.75) is 44.9 Å². The second-order valence-electron chi connectivity index (χ2n) is 7.20. The summed E-state index contributed by atoms with van der Waals surface area (Å²) in [7, 11) is 0. The van der Waals surface area contributed by atoms with E-state index in [0.717, 1.165) is 43.2 Å². The Morgan fingerprint density at radius 1 is 1.24 bits per heavy atom. The van der Waals surface area contributed by atoms with Crippen molar-refractivity contribution in [3.8, 4) is 5.75 Å². The highest BCUT2D eigenvalue weighted by molar-refractivity contribution is 6.01. The largest absolute Gasteiger partial charge is 0.494 e. The molecule has 3 rings (SSSR count). The van der Waals surface area contributed by atoms with Crippen molar-refractivity contribution < 1.29 is 19.4 Å². The maximum absolute atomic E-state index is 12.4. The Kier molecular flexibility index (Phi) is 6.08. The van der Waals surface area contributed by atoms with E-state index in [1.165, 1.54) is 19.3 Å². The average Bonchev–Trinajstić information content (AvgIpc) is 2.62. The fraction of sp³-hybridized carbons (Fsp3) is 0.600. The van der Waals surface area contributed by atoms with E-state index in [1.807, 2.05) is 12.1 Å². The zero-order valence-electron chi connectivity index (χ0n) is 14.6. The molecule has 5 nitrogen and oxygen atoms in total. The number of ether oxygens (including phenoxy) is 1. The molecule has 0 bridgehead atoms. The van der Waals surface area contributed by atoms with Crippen LogP contribution in [0.25, 0.3) is 0 Å². The van der Waals surface area contributed by atoms with E-state index in [1.54, 1.807) is 6.07 Å². The molecular weight excluding hydrogens is 318 g/mol. The minimum Gasteiger partial charge on any atom is -0.494 e. The monoisotopic (exact) mass is 345 g/mol. The van der Waals surface area contributed by atoms with Crippen LogP contribution in [0.5, 0.6) is 5.75 Å². The molecule has 25 heavy (non-hydrogen) atoms. The van der Waals surface area contributed by atoms with E-state index in [9.17, 15) is 9.59 Å². The van der Waals surface area contributed by atoms with Gasteiger partial charge >= 0.3 is 5.97 Å². The van der Waals surface area contributed by atoms with Crippen molar-refractivity contribution in [3.05, 3.63) is 29.3 Å². The number of carboxylic acid groups (broad SMARTS) is 1. The van der Waals surface area contributed by atoms with Crippen molar-refractivity contribution >= 4 is 11.8 Å². The molecule has 0 radical (unpaired) electrons. The normalized spacial score (nSPS) is 21.0. The number of fused-ring (bicyclic) bond motifs is 1. The molecule has 136 valence electrons. The number of ketones is 1. The molecule has 5 heteroatoms. The van der Waals surface area contributed by atoms with Gasteiger partial charge in [-0.3, -0.25) is 9.59 Å². The zero-order chi connectivity index (χ0) is 17.6. The number of piperidine rings is 1. The lowest BCUT2D eigenvalue weighted by molar-refractivity contribution is -0.137. The summed E-state index contributed by atoms with van der Waals surface area (Å²) in [6.07, 6.45) is 6.07. The standard InChI is InChI=1S/C20H27NO4/c22-19(23)13-16-4-3-15-12-17(5-6-18(15)20(16)24)25-11-1-2-14-7-9-21-10-8-14/h5-6,12,14,16,21H,1-4,7-11,13H2,(H,22,23). The first kappa shape index (κ1) is 17.9. The molecule has 1 saturated heterocycles. The van der Waals surface area contributed by atoms with Gasteiger partial charge in [0, 0.05) is 11.5 Å². The van der Waals surface area contributed by atoms with Crippen LogP contribution in [-0.4, -0.2) is 36.6 Å². The highest BCUT2D eigenvalue weighted by atomic mass is 16.5. The van der Waals surface area contributed by atoms with Crippen molar-refractivity contribution in [2.24, 2.45) is 11.8 Å². The molecule has 0 aromatic heterocycles. The van der Waals surface area contributed by atoms with E-state index in [0.29, 0.717) is 18.6 Å². The molecule has 1 unspecified atom stereocenters. The lowest BCUT2D eigenvalue weighted by atomic mass is 9.81. The smallest absolute Gasteiger partial charge is 0.304 e. The number of aliphatic carboxylic acids is 1. The Balaban J connectivity index is 1.50. The summed E-state index contributed by atoms with van der Waals surface area (Å²) in [5, 5.41) is 12.3. The van der Waals surface area contributed by atoms with Gasteiger partial charge in [-0.1, -0.05) is 0 Å². The van der Waals surface area contributed by atoms with Gasteiger partial charge in [-0.2, -0.15) is 0 Å². The number of hydrogen-bond acceptors (Lipinski definition) is 4. The highest BCUT2D eigenvalue weighted by Gasteiger charge is 2.29. The third-order valence-corrected chi connectivity index (χ3v) is 5.38. The summed E-state index contributed by atoms with van der Waals surface area (Å²) in [6.45, 7) is 2.97. The minimum absolute atomic E-state index is 0.0406. The summed E-state index contributed by atoms with van der Waals surface area (Å²) >= 11 is 0. The van der Waals surface area contributed by atoms with Gasteiger partial charge in [0.15, 0.2) is 5.78 Å². The number of carbonyl (C=O) groups is 2. The number of nitrogens with one attached hydrogen (secondary N) is 1. The van der Waals surface area contributed by atoms with E-state index in [4.69, 9.17) is 9.84 Å². The highest BCUT2D eigenvalue weighted by Crippen LogP contribution is 2.30. The number of Topliss-reactive ketones (excluding diaryl/α,β-unsaturated/α-hetero) is 1. The molecule has 1 aromatic rings. The average molecular weight is 345 g/mol. The topological polar surface area (TPSA) is 75.6 Å². The molecule has 1 fully saturated rings. The van der Waals surface area contributed by atoms with Crippen LogP contribution in [0.3, 0.4) is 0 Å². The van der Waals surface area contributed by atoms with E-state index < -0.39 is 5.97 Å². The SMILES string of the molecule is O=C(O)CC1CCc2cc(OCCCC3CCNCC3)ccc2C1=O. The number of rotatable bonds is 7. The summed E-state index contributed by atoms with van der Waals surface area (Å²) < 4.78 is 5.87. The van der Waals surface area contributed by atoms with Gasteiger partial charge in [-0.15, -0.1) is 0 Å². The Hall–Kier alpha value is -1.88. The molecule has 1 aliphatic heterocycles. The summed E-state index contributed by atoms with van der Waals surface area (Å²) in [5.41, 5.74) is 1.65. The quantitative estimate of drug-likeness (QED) is 0.743. The number of hydrogen-bond donors (Lipinski definition) is 2. The van der Waals surface area contributed by atoms with Crippen molar-refractivity contribution in [2.75, 3.05) is 19.7 Å². The van der Waals surface area contributed by atoms with Crippen LogP contribution < -0.4 is 10.1 Å².